The van der Waals surface area contributed by atoms with Gasteiger partial charge in [0.25, 0.3) is 0 Å². The molecule has 0 saturated carbocycles. The molecule has 0 atom stereocenters. The van der Waals surface area contributed by atoms with E-state index in [1.165, 1.54) is 0 Å². The third kappa shape index (κ3) is 5.63. The van der Waals surface area contributed by atoms with Gasteiger partial charge >= 0.3 is 15.2 Å². The summed E-state index contributed by atoms with van der Waals surface area (Å²) in [6, 6.07) is 0. The predicted octanol–water partition coefficient (Wildman–Crippen LogP) is 4.81. The van der Waals surface area contributed by atoms with E-state index < -0.39 is 20.6 Å². The van der Waals surface area contributed by atoms with Crippen molar-refractivity contribution in [3.05, 3.63) is 11.6 Å². The summed E-state index contributed by atoms with van der Waals surface area (Å²) in [7, 11) is -7.33. The Morgan fingerprint density at radius 2 is 1.14 bits per heavy atom. The Morgan fingerprint density at radius 1 is 0.857 bits per heavy atom. The molecule has 0 saturated heterocycles. The lowest BCUT2D eigenvalue weighted by molar-refractivity contribution is 0.198. The first-order valence-electron chi connectivity index (χ1n) is 7.25. The van der Waals surface area contributed by atoms with Gasteiger partial charge in [-0.15, -0.1) is 0 Å². The highest BCUT2D eigenvalue weighted by atomic mass is 31.2. The minimum Gasteiger partial charge on any atom is -0.308 e. The lowest BCUT2D eigenvalue weighted by Gasteiger charge is -2.31. The Labute approximate surface area is 128 Å². The first-order valence-corrected chi connectivity index (χ1v) is 10.5. The smallest absolute Gasteiger partial charge is 0.308 e. The summed E-state index contributed by atoms with van der Waals surface area (Å²) in [5, 5.41) is -1.05. The molecule has 21 heavy (non-hydrogen) atoms. The van der Waals surface area contributed by atoms with E-state index in [4.69, 9.17) is 18.1 Å². The standard InChI is InChI=1S/C13H28O6P2/c1-7-12(6)13(20(14,16-8-2)17-9-3)21(15,18-10-4)19-11-5/h7,13H,8-11H2,1-6H3/b12-7+. The van der Waals surface area contributed by atoms with Crippen LogP contribution in [0, 0.1) is 0 Å². The largest absolute Gasteiger partial charge is 0.349 e. The van der Waals surface area contributed by atoms with Gasteiger partial charge in [-0.1, -0.05) is 11.6 Å². The topological polar surface area (TPSA) is 71.1 Å². The van der Waals surface area contributed by atoms with Crippen LogP contribution < -0.4 is 0 Å². The van der Waals surface area contributed by atoms with Gasteiger partial charge in [0.05, 0.1) is 26.4 Å². The van der Waals surface area contributed by atoms with Gasteiger partial charge < -0.3 is 18.1 Å². The maximum atomic E-state index is 13.1. The monoisotopic (exact) mass is 342 g/mol. The lowest BCUT2D eigenvalue weighted by Crippen LogP contribution is -2.19. The van der Waals surface area contributed by atoms with E-state index in [0.29, 0.717) is 5.57 Å². The average molecular weight is 342 g/mol. The van der Waals surface area contributed by atoms with Crippen molar-refractivity contribution >= 4 is 15.2 Å². The van der Waals surface area contributed by atoms with Crippen LogP contribution in [0.2, 0.25) is 0 Å². The molecular weight excluding hydrogens is 314 g/mol. The second-order valence-corrected chi connectivity index (χ2v) is 8.79. The zero-order valence-electron chi connectivity index (χ0n) is 13.8. The van der Waals surface area contributed by atoms with Crippen LogP contribution >= 0.6 is 15.2 Å². The molecule has 0 aromatic carbocycles. The highest BCUT2D eigenvalue weighted by Crippen LogP contribution is 2.72. The Kier molecular flexibility index (Phi) is 9.96. The molecule has 6 nitrogen and oxygen atoms in total. The molecule has 0 fully saturated rings. The number of hydrogen-bond acceptors (Lipinski definition) is 6. The van der Waals surface area contributed by atoms with Gasteiger partial charge in [0.15, 0.2) is 5.40 Å². The minimum absolute atomic E-state index is 0.184. The van der Waals surface area contributed by atoms with E-state index >= 15 is 0 Å². The molecule has 126 valence electrons. The number of allylic oxidation sites excluding steroid dienone is 2. The quantitative estimate of drug-likeness (QED) is 0.396. The fraction of sp³-hybridized carbons (Fsp3) is 0.846. The zero-order chi connectivity index (χ0) is 16.5. The Bertz CT molecular complexity index is 371. The van der Waals surface area contributed by atoms with Gasteiger partial charge in [-0.2, -0.15) is 0 Å². The van der Waals surface area contributed by atoms with Crippen molar-refractivity contribution < 1.29 is 27.2 Å². The summed E-state index contributed by atoms with van der Waals surface area (Å²) in [5.41, 5.74) is 0.602. The van der Waals surface area contributed by atoms with Crippen molar-refractivity contribution in [1.82, 2.24) is 0 Å². The summed E-state index contributed by atoms with van der Waals surface area (Å²) in [5.74, 6) is 0. The molecule has 0 amide bonds. The molecule has 0 aromatic rings. The molecule has 0 bridgehead atoms. The number of hydrogen-bond donors (Lipinski definition) is 0. The van der Waals surface area contributed by atoms with Gasteiger partial charge in [0.1, 0.15) is 0 Å². The van der Waals surface area contributed by atoms with E-state index in [-0.39, 0.29) is 26.4 Å². The maximum absolute atomic E-state index is 13.1. The van der Waals surface area contributed by atoms with Crippen molar-refractivity contribution in [3.63, 3.8) is 0 Å². The van der Waals surface area contributed by atoms with E-state index in [9.17, 15) is 9.13 Å². The highest BCUT2D eigenvalue weighted by molar-refractivity contribution is 7.73. The molecule has 8 heteroatoms. The van der Waals surface area contributed by atoms with Crippen molar-refractivity contribution in [2.24, 2.45) is 0 Å². The Morgan fingerprint density at radius 3 is 1.33 bits per heavy atom. The van der Waals surface area contributed by atoms with Gasteiger partial charge in [0.2, 0.25) is 0 Å². The molecule has 0 aliphatic rings. The normalized spacial score (nSPS) is 14.0. The summed E-state index contributed by atoms with van der Waals surface area (Å²) < 4.78 is 47.6. The van der Waals surface area contributed by atoms with Crippen LogP contribution in [0.15, 0.2) is 11.6 Å². The molecule has 0 aliphatic heterocycles. The maximum Gasteiger partial charge on any atom is 0.349 e. The molecule has 0 spiro atoms. The van der Waals surface area contributed by atoms with Gasteiger partial charge in [-0.3, -0.25) is 9.13 Å². The van der Waals surface area contributed by atoms with E-state index in [1.54, 1.807) is 47.6 Å². The second-order valence-electron chi connectivity index (χ2n) is 4.16. The third-order valence-corrected chi connectivity index (χ3v) is 8.88. The molecule has 0 N–H and O–H groups in total. The lowest BCUT2D eigenvalue weighted by atomic mass is 10.3. The van der Waals surface area contributed by atoms with Crippen LogP contribution in [-0.2, 0) is 27.2 Å². The van der Waals surface area contributed by atoms with Crippen LogP contribution in [0.25, 0.3) is 0 Å². The van der Waals surface area contributed by atoms with Gasteiger partial charge in [-0.25, -0.2) is 0 Å². The van der Waals surface area contributed by atoms with Crippen LogP contribution in [0.1, 0.15) is 41.5 Å². The summed E-state index contributed by atoms with van der Waals surface area (Å²) in [4.78, 5) is 0. The average Bonchev–Trinajstić information content (AvgIpc) is 2.39. The summed E-state index contributed by atoms with van der Waals surface area (Å²) in [6.45, 7) is 11.1. The van der Waals surface area contributed by atoms with E-state index in [2.05, 4.69) is 0 Å². The van der Waals surface area contributed by atoms with Crippen LogP contribution in [0.3, 0.4) is 0 Å². The molecule has 0 rings (SSSR count). The number of rotatable bonds is 11. The van der Waals surface area contributed by atoms with Crippen molar-refractivity contribution in [1.29, 1.82) is 0 Å². The summed E-state index contributed by atoms with van der Waals surface area (Å²) >= 11 is 0. The third-order valence-electron chi connectivity index (χ3n) is 2.70. The fourth-order valence-electron chi connectivity index (χ4n) is 1.90. The molecule has 0 heterocycles. The Hall–Kier alpha value is 0.0400. The van der Waals surface area contributed by atoms with Crippen LogP contribution in [-0.4, -0.2) is 31.8 Å². The second kappa shape index (κ2) is 9.94. The summed E-state index contributed by atoms with van der Waals surface area (Å²) in [6.07, 6.45) is 1.72. The predicted molar refractivity (Wildman–Crippen MR) is 84.9 cm³/mol. The first-order chi connectivity index (χ1) is 9.85. The first kappa shape index (κ1) is 21.0. The molecule has 0 unspecified atom stereocenters. The molecule has 0 aliphatic carbocycles. The van der Waals surface area contributed by atoms with E-state index in [0.717, 1.165) is 0 Å². The van der Waals surface area contributed by atoms with Crippen molar-refractivity contribution in [3.8, 4) is 0 Å². The fourth-order valence-corrected chi connectivity index (χ4v) is 7.53. The molecular formula is C13H28O6P2. The Balaban J connectivity index is 5.94. The SMILES string of the molecule is C/C=C(\C)C(P(=O)(OCC)OCC)P(=O)(OCC)OCC. The van der Waals surface area contributed by atoms with Gasteiger partial charge in [-0.05, 0) is 41.5 Å². The van der Waals surface area contributed by atoms with Crippen molar-refractivity contribution in [2.75, 3.05) is 26.4 Å². The molecule has 0 radical (unpaired) electrons. The van der Waals surface area contributed by atoms with E-state index in [1.807, 2.05) is 0 Å². The van der Waals surface area contributed by atoms with Crippen molar-refractivity contribution in [2.45, 2.75) is 46.9 Å². The minimum atomic E-state index is -3.66. The zero-order valence-corrected chi connectivity index (χ0v) is 15.6. The molecule has 0 aromatic heterocycles. The highest BCUT2D eigenvalue weighted by Gasteiger charge is 2.51. The van der Waals surface area contributed by atoms with Crippen LogP contribution in [0.4, 0.5) is 0 Å². The van der Waals surface area contributed by atoms with Crippen LogP contribution in [0.5, 0.6) is 0 Å². The van der Waals surface area contributed by atoms with Gasteiger partial charge in [0, 0.05) is 0 Å².